The van der Waals surface area contributed by atoms with Crippen LogP contribution in [0.15, 0.2) is 12.3 Å². The van der Waals surface area contributed by atoms with Crippen LogP contribution < -0.4 is 10.1 Å². The van der Waals surface area contributed by atoms with E-state index in [1.54, 1.807) is 12.3 Å². The number of benzene rings is 1. The lowest BCUT2D eigenvalue weighted by Crippen LogP contribution is -2.47. The van der Waals surface area contributed by atoms with Gasteiger partial charge in [-0.05, 0) is 6.92 Å². The first-order valence-corrected chi connectivity index (χ1v) is 6.71. The van der Waals surface area contributed by atoms with Crippen molar-refractivity contribution in [3.63, 3.8) is 0 Å². The van der Waals surface area contributed by atoms with E-state index in [-0.39, 0.29) is 6.61 Å². The Bertz CT molecular complexity index is 795. The first-order chi connectivity index (χ1) is 10.5. The molecule has 7 heteroatoms. The van der Waals surface area contributed by atoms with Gasteiger partial charge in [0.25, 0.3) is 0 Å². The number of aliphatic hydroxyl groups is 1. The highest BCUT2D eigenvalue weighted by Crippen LogP contribution is 2.45. The minimum Gasteiger partial charge on any atom is -0.494 e. The number of aromatic nitrogens is 1. The van der Waals surface area contributed by atoms with E-state index in [4.69, 9.17) is 9.47 Å². The van der Waals surface area contributed by atoms with Gasteiger partial charge in [0, 0.05) is 23.2 Å². The van der Waals surface area contributed by atoms with Crippen LogP contribution in [0, 0.1) is 0 Å². The summed E-state index contributed by atoms with van der Waals surface area (Å²) in [5.41, 5.74) is 0.486. The average Bonchev–Trinajstić information content (AvgIpc) is 3.05. The monoisotopic (exact) mass is 304 g/mol. The van der Waals surface area contributed by atoms with E-state index in [1.165, 1.54) is 21.1 Å². The van der Waals surface area contributed by atoms with E-state index in [0.29, 0.717) is 33.5 Å². The van der Waals surface area contributed by atoms with Gasteiger partial charge in [0.1, 0.15) is 5.75 Å². The Morgan fingerprint density at radius 3 is 2.73 bits per heavy atom. The van der Waals surface area contributed by atoms with Crippen LogP contribution in [-0.2, 0) is 16.1 Å². The van der Waals surface area contributed by atoms with Crippen LogP contribution in [0.5, 0.6) is 5.75 Å². The van der Waals surface area contributed by atoms with Crippen molar-refractivity contribution < 1.29 is 24.2 Å². The van der Waals surface area contributed by atoms with Crippen LogP contribution in [0.25, 0.3) is 10.9 Å². The van der Waals surface area contributed by atoms with E-state index in [0.717, 1.165) is 0 Å². The Morgan fingerprint density at radius 2 is 2.14 bits per heavy atom. The fourth-order valence-electron chi connectivity index (χ4n) is 2.88. The number of hydrogen-bond donors (Lipinski definition) is 3. The van der Waals surface area contributed by atoms with Gasteiger partial charge < -0.3 is 24.9 Å². The summed E-state index contributed by atoms with van der Waals surface area (Å²) >= 11 is 0. The highest BCUT2D eigenvalue weighted by Gasteiger charge is 2.50. The molecule has 22 heavy (non-hydrogen) atoms. The standard InChI is InChI=1S/C15H16N2O5/c1-15(14(20)22-3)13(19)11-10-7(6-18)5-16-8(10)4-9(21-2)12(11)17-15/h4-5,16-18H,6H2,1-3H3. The number of ether oxygens (including phenoxy) is 2. The largest absolute Gasteiger partial charge is 0.494 e. The van der Waals surface area contributed by atoms with Gasteiger partial charge in [0.05, 0.1) is 37.6 Å². The first-order valence-electron chi connectivity index (χ1n) is 6.71. The van der Waals surface area contributed by atoms with Crippen molar-refractivity contribution in [3.8, 4) is 5.75 Å². The minimum atomic E-state index is -1.51. The molecule has 0 radical (unpaired) electrons. The molecule has 1 aliphatic heterocycles. The van der Waals surface area contributed by atoms with Crippen molar-refractivity contribution in [2.75, 3.05) is 19.5 Å². The van der Waals surface area contributed by atoms with Crippen LogP contribution in [0.2, 0.25) is 0 Å². The second kappa shape index (κ2) is 4.74. The Kier molecular flexibility index (Phi) is 3.10. The summed E-state index contributed by atoms with van der Waals surface area (Å²) in [6, 6.07) is 1.72. The molecule has 7 nitrogen and oxygen atoms in total. The number of carbonyl (C=O) groups excluding carboxylic acids is 2. The van der Waals surface area contributed by atoms with Crippen molar-refractivity contribution in [3.05, 3.63) is 23.4 Å². The van der Waals surface area contributed by atoms with Crippen LogP contribution in [-0.4, -0.2) is 41.6 Å². The molecule has 0 aliphatic carbocycles. The quantitative estimate of drug-likeness (QED) is 0.582. The molecule has 1 aromatic heterocycles. The molecule has 1 atom stereocenters. The highest BCUT2D eigenvalue weighted by atomic mass is 16.5. The molecule has 0 saturated carbocycles. The van der Waals surface area contributed by atoms with Crippen LogP contribution in [0.3, 0.4) is 0 Å². The third kappa shape index (κ3) is 1.66. The zero-order valence-corrected chi connectivity index (χ0v) is 12.4. The number of ketones is 1. The number of carbonyl (C=O) groups is 2. The second-order valence-corrected chi connectivity index (χ2v) is 5.29. The van der Waals surface area contributed by atoms with Gasteiger partial charge in [-0.3, -0.25) is 4.79 Å². The number of aliphatic hydroxyl groups excluding tert-OH is 1. The van der Waals surface area contributed by atoms with Crippen molar-refractivity contribution in [1.82, 2.24) is 4.98 Å². The van der Waals surface area contributed by atoms with Crippen molar-refractivity contribution in [2.45, 2.75) is 19.1 Å². The second-order valence-electron chi connectivity index (χ2n) is 5.29. The molecule has 1 aliphatic rings. The number of Topliss-reactive ketones (excluding diaryl/α,β-unsaturated/α-hetero) is 1. The number of hydrogen-bond acceptors (Lipinski definition) is 6. The maximum absolute atomic E-state index is 12.9. The zero-order valence-electron chi connectivity index (χ0n) is 12.4. The predicted octanol–water partition coefficient (Wildman–Crippen LogP) is 1.21. The van der Waals surface area contributed by atoms with E-state index in [2.05, 4.69) is 10.3 Å². The molecule has 0 fully saturated rings. The number of H-pyrrole nitrogens is 1. The number of methoxy groups -OCH3 is 2. The smallest absolute Gasteiger partial charge is 0.339 e. The fourth-order valence-corrected chi connectivity index (χ4v) is 2.88. The van der Waals surface area contributed by atoms with Gasteiger partial charge in [-0.2, -0.15) is 0 Å². The summed E-state index contributed by atoms with van der Waals surface area (Å²) in [6.45, 7) is 1.25. The van der Waals surface area contributed by atoms with E-state index < -0.39 is 17.3 Å². The lowest BCUT2D eigenvalue weighted by molar-refractivity contribution is -0.143. The van der Waals surface area contributed by atoms with Gasteiger partial charge in [-0.25, -0.2) is 4.79 Å². The van der Waals surface area contributed by atoms with Crippen molar-refractivity contribution in [2.24, 2.45) is 0 Å². The molecule has 0 bridgehead atoms. The molecule has 2 aromatic rings. The van der Waals surface area contributed by atoms with E-state index >= 15 is 0 Å². The summed E-state index contributed by atoms with van der Waals surface area (Å²) in [7, 11) is 2.71. The number of anilines is 1. The third-order valence-electron chi connectivity index (χ3n) is 4.05. The van der Waals surface area contributed by atoms with Gasteiger partial charge in [0.2, 0.25) is 5.78 Å². The number of rotatable bonds is 3. The minimum absolute atomic E-state index is 0.221. The molecular weight excluding hydrogens is 288 g/mol. The topological polar surface area (TPSA) is 101 Å². The molecule has 1 unspecified atom stereocenters. The summed E-state index contributed by atoms with van der Waals surface area (Å²) < 4.78 is 10.1. The maximum Gasteiger partial charge on any atom is 0.339 e. The van der Waals surface area contributed by atoms with Gasteiger partial charge in [-0.15, -0.1) is 0 Å². The Labute approximate surface area is 126 Å². The number of fused-ring (bicyclic) bond motifs is 3. The van der Waals surface area contributed by atoms with Crippen molar-refractivity contribution >= 4 is 28.3 Å². The Hall–Kier alpha value is -2.54. The number of aromatic amines is 1. The fraction of sp³-hybridized carbons (Fsp3) is 0.333. The van der Waals surface area contributed by atoms with Crippen LogP contribution in [0.1, 0.15) is 22.8 Å². The molecule has 0 spiro atoms. The number of nitrogens with one attached hydrogen (secondary N) is 2. The van der Waals surface area contributed by atoms with Gasteiger partial charge in [-0.1, -0.05) is 0 Å². The molecule has 2 heterocycles. The van der Waals surface area contributed by atoms with Crippen molar-refractivity contribution in [1.29, 1.82) is 0 Å². The SMILES string of the molecule is COC(=O)C1(C)Nc2c(OC)cc3[nH]cc(CO)c3c2C1=O. The van der Waals surface area contributed by atoms with Crippen LogP contribution in [0.4, 0.5) is 5.69 Å². The summed E-state index contributed by atoms with van der Waals surface area (Å²) in [4.78, 5) is 27.9. The first kappa shape index (κ1) is 14.4. The molecular formula is C15H16N2O5. The van der Waals surface area contributed by atoms with Gasteiger partial charge >= 0.3 is 5.97 Å². The summed E-state index contributed by atoms with van der Waals surface area (Å²) in [5, 5.41) is 13.0. The Balaban J connectivity index is 2.33. The van der Waals surface area contributed by atoms with Crippen LogP contribution >= 0.6 is 0 Å². The lowest BCUT2D eigenvalue weighted by Gasteiger charge is -2.20. The molecule has 116 valence electrons. The Morgan fingerprint density at radius 1 is 1.41 bits per heavy atom. The highest BCUT2D eigenvalue weighted by molar-refractivity contribution is 6.29. The summed E-state index contributed by atoms with van der Waals surface area (Å²) in [5.74, 6) is -0.646. The molecule has 3 N–H and O–H groups in total. The molecule has 1 aromatic carbocycles. The summed E-state index contributed by atoms with van der Waals surface area (Å²) in [6.07, 6.45) is 1.63. The number of esters is 1. The van der Waals surface area contributed by atoms with E-state index in [1.807, 2.05) is 0 Å². The maximum atomic E-state index is 12.9. The third-order valence-corrected chi connectivity index (χ3v) is 4.05. The van der Waals surface area contributed by atoms with E-state index in [9.17, 15) is 14.7 Å². The lowest BCUT2D eigenvalue weighted by atomic mass is 9.93. The molecule has 3 rings (SSSR count). The normalized spacial score (nSPS) is 19.9. The zero-order chi connectivity index (χ0) is 16.1. The van der Waals surface area contributed by atoms with Gasteiger partial charge in [0.15, 0.2) is 5.54 Å². The predicted molar refractivity (Wildman–Crippen MR) is 79.1 cm³/mol. The average molecular weight is 304 g/mol. The molecule has 0 saturated heterocycles. The molecule has 0 amide bonds.